The monoisotopic (exact) mass is 417 g/mol. The largest absolute Gasteiger partial charge is 0.465 e. The number of rotatable bonds is 3. The van der Waals surface area contributed by atoms with Gasteiger partial charge in [0.05, 0.1) is 25.3 Å². The number of ketones is 1. The van der Waals surface area contributed by atoms with E-state index in [4.69, 9.17) is 9.47 Å². The highest BCUT2D eigenvalue weighted by molar-refractivity contribution is 6.19. The zero-order valence-corrected chi connectivity index (χ0v) is 18.1. The summed E-state index contributed by atoms with van der Waals surface area (Å²) in [5.74, 6) is -1.74. The third kappa shape index (κ3) is 3.06. The van der Waals surface area contributed by atoms with E-state index < -0.39 is 17.4 Å². The Morgan fingerprint density at radius 2 is 1.35 bits per heavy atom. The maximum atomic E-state index is 13.6. The first kappa shape index (κ1) is 20.6. The molecule has 0 saturated heterocycles. The van der Waals surface area contributed by atoms with Crippen LogP contribution in [0.4, 0.5) is 0 Å². The number of carbonyl (C=O) groups excluding carboxylic acids is 3. The van der Waals surface area contributed by atoms with E-state index in [1.54, 1.807) is 31.2 Å². The Morgan fingerprint density at radius 3 is 2.00 bits per heavy atom. The number of fused-ring (bicyclic) bond motifs is 5. The third-order valence-corrected chi connectivity index (χ3v) is 5.48. The van der Waals surface area contributed by atoms with Crippen LogP contribution in [0.2, 0.25) is 0 Å². The Labute approximate surface area is 179 Å². The first-order valence-corrected chi connectivity index (χ1v) is 9.91. The van der Waals surface area contributed by atoms with E-state index in [9.17, 15) is 14.4 Å². The fourth-order valence-corrected chi connectivity index (χ4v) is 3.99. The second-order valence-corrected chi connectivity index (χ2v) is 8.43. The summed E-state index contributed by atoms with van der Waals surface area (Å²) in [7, 11) is 2.47. The van der Waals surface area contributed by atoms with E-state index in [-0.39, 0.29) is 22.6 Å². The van der Waals surface area contributed by atoms with Gasteiger partial charge in [-0.1, -0.05) is 57.2 Å². The molecule has 6 nitrogen and oxygen atoms in total. The van der Waals surface area contributed by atoms with Gasteiger partial charge < -0.3 is 13.9 Å². The molecule has 158 valence electrons. The van der Waals surface area contributed by atoms with Gasteiger partial charge in [-0.25, -0.2) is 9.59 Å². The highest BCUT2D eigenvalue weighted by atomic mass is 16.5. The number of esters is 2. The fourth-order valence-electron chi connectivity index (χ4n) is 3.99. The molecule has 0 aliphatic carbocycles. The molecule has 6 heteroatoms. The molecule has 31 heavy (non-hydrogen) atoms. The maximum Gasteiger partial charge on any atom is 0.341 e. The average Bonchev–Trinajstić information content (AvgIpc) is 3.11. The Kier molecular flexibility index (Phi) is 4.81. The minimum Gasteiger partial charge on any atom is -0.465 e. The van der Waals surface area contributed by atoms with Gasteiger partial charge in [-0.05, 0) is 22.9 Å². The number of benzene rings is 2. The number of ether oxygens (including phenoxy) is 2. The van der Waals surface area contributed by atoms with E-state index >= 15 is 0 Å². The molecule has 4 aromatic rings. The maximum absolute atomic E-state index is 13.6. The van der Waals surface area contributed by atoms with Crippen molar-refractivity contribution >= 4 is 44.9 Å². The molecule has 0 radical (unpaired) electrons. The van der Waals surface area contributed by atoms with Crippen molar-refractivity contribution in [2.75, 3.05) is 14.2 Å². The number of aromatic nitrogens is 1. The SMILES string of the molecule is COC(=O)c1c(C(=O)OC)c2ccc3c4ccccc4ccc3n2c1C(=O)C(C)(C)C. The quantitative estimate of drug-likeness (QED) is 0.265. The van der Waals surface area contributed by atoms with E-state index in [0.717, 1.165) is 16.2 Å². The van der Waals surface area contributed by atoms with Crippen molar-refractivity contribution in [3.63, 3.8) is 0 Å². The smallest absolute Gasteiger partial charge is 0.341 e. The molecule has 2 aromatic carbocycles. The standard InChI is InChI=1S/C25H23NO5/c1-25(2,3)22(27)21-20(24(29)31-5)19(23(28)30-4)18-13-11-16-15-9-7-6-8-14(15)10-12-17(16)26(18)21/h6-13H,1-5H3. The molecule has 0 aliphatic rings. The second-order valence-electron chi connectivity index (χ2n) is 8.43. The van der Waals surface area contributed by atoms with Crippen LogP contribution in [0.3, 0.4) is 0 Å². The van der Waals surface area contributed by atoms with Crippen molar-refractivity contribution in [1.29, 1.82) is 0 Å². The first-order valence-electron chi connectivity index (χ1n) is 9.91. The zero-order chi connectivity index (χ0) is 22.5. The molecular weight excluding hydrogens is 394 g/mol. The van der Waals surface area contributed by atoms with E-state index in [2.05, 4.69) is 0 Å². The Balaban J connectivity index is 2.29. The Bertz CT molecular complexity index is 1390. The van der Waals surface area contributed by atoms with Crippen LogP contribution >= 0.6 is 0 Å². The van der Waals surface area contributed by atoms with Crippen molar-refractivity contribution < 1.29 is 23.9 Å². The summed E-state index contributed by atoms with van der Waals surface area (Å²) in [5, 5.41) is 2.95. The van der Waals surface area contributed by atoms with Crippen LogP contribution < -0.4 is 0 Å². The van der Waals surface area contributed by atoms with E-state index in [1.807, 2.05) is 42.5 Å². The molecule has 2 aromatic heterocycles. The predicted octanol–water partition coefficient (Wildman–Crippen LogP) is 5.05. The summed E-state index contributed by atoms with van der Waals surface area (Å²) >= 11 is 0. The lowest BCUT2D eigenvalue weighted by atomic mass is 9.87. The molecule has 0 N–H and O–H groups in total. The highest BCUT2D eigenvalue weighted by Gasteiger charge is 2.37. The molecule has 0 amide bonds. The van der Waals surface area contributed by atoms with Crippen molar-refractivity contribution in [3.8, 4) is 0 Å². The van der Waals surface area contributed by atoms with Crippen LogP contribution in [0, 0.1) is 5.41 Å². The number of methoxy groups -OCH3 is 2. The number of hydrogen-bond acceptors (Lipinski definition) is 5. The number of Topliss-reactive ketones (excluding diaryl/α,β-unsaturated/α-hetero) is 1. The minimum atomic E-state index is -0.802. The Morgan fingerprint density at radius 1 is 0.742 bits per heavy atom. The first-order chi connectivity index (χ1) is 14.7. The molecule has 0 spiro atoms. The van der Waals surface area contributed by atoms with Crippen LogP contribution in [0.15, 0.2) is 48.5 Å². The van der Waals surface area contributed by atoms with Gasteiger partial charge in [0.1, 0.15) is 16.8 Å². The number of nitrogens with zero attached hydrogens (tertiary/aromatic N) is 1. The van der Waals surface area contributed by atoms with Crippen molar-refractivity contribution in [2.45, 2.75) is 20.8 Å². The minimum absolute atomic E-state index is 0.0250. The van der Waals surface area contributed by atoms with Gasteiger partial charge in [0, 0.05) is 10.8 Å². The van der Waals surface area contributed by atoms with E-state index in [1.165, 1.54) is 14.2 Å². The summed E-state index contributed by atoms with van der Waals surface area (Å²) in [4.78, 5) is 39.1. The predicted molar refractivity (Wildman–Crippen MR) is 119 cm³/mol. The summed E-state index contributed by atoms with van der Waals surface area (Å²) in [6.07, 6.45) is 0. The van der Waals surface area contributed by atoms with Crippen LogP contribution in [-0.4, -0.2) is 36.3 Å². The van der Waals surface area contributed by atoms with Crippen LogP contribution in [0.1, 0.15) is 52.0 Å². The van der Waals surface area contributed by atoms with Gasteiger partial charge in [0.2, 0.25) is 0 Å². The van der Waals surface area contributed by atoms with Crippen LogP contribution in [0.5, 0.6) is 0 Å². The van der Waals surface area contributed by atoms with Crippen molar-refractivity contribution in [2.24, 2.45) is 5.41 Å². The molecule has 0 fully saturated rings. The summed E-state index contributed by atoms with van der Waals surface area (Å²) < 4.78 is 11.6. The second kappa shape index (κ2) is 7.23. The van der Waals surface area contributed by atoms with Crippen molar-refractivity contribution in [1.82, 2.24) is 4.40 Å². The van der Waals surface area contributed by atoms with Gasteiger partial charge >= 0.3 is 11.9 Å². The lowest BCUT2D eigenvalue weighted by Gasteiger charge is -2.18. The average molecular weight is 417 g/mol. The van der Waals surface area contributed by atoms with Crippen LogP contribution in [-0.2, 0) is 9.47 Å². The fraction of sp³-hybridized carbons (Fsp3) is 0.240. The molecule has 0 atom stereocenters. The lowest BCUT2D eigenvalue weighted by molar-refractivity contribution is 0.0555. The summed E-state index contributed by atoms with van der Waals surface area (Å²) in [5.41, 5.74) is 0.401. The van der Waals surface area contributed by atoms with Gasteiger partial charge in [-0.2, -0.15) is 0 Å². The lowest BCUT2D eigenvalue weighted by Crippen LogP contribution is -2.25. The summed E-state index contributed by atoms with van der Waals surface area (Å²) in [6, 6.07) is 15.4. The Hall–Kier alpha value is -3.67. The number of carbonyl (C=O) groups is 3. The normalized spacial score (nSPS) is 11.8. The van der Waals surface area contributed by atoms with Gasteiger partial charge in [0.25, 0.3) is 0 Å². The van der Waals surface area contributed by atoms with Gasteiger partial charge in [-0.3, -0.25) is 4.79 Å². The molecule has 4 rings (SSSR count). The topological polar surface area (TPSA) is 74.1 Å². The number of pyridine rings is 1. The highest BCUT2D eigenvalue weighted by Crippen LogP contribution is 2.35. The molecular formula is C25H23NO5. The van der Waals surface area contributed by atoms with Crippen molar-refractivity contribution in [3.05, 3.63) is 65.4 Å². The number of hydrogen-bond donors (Lipinski definition) is 0. The molecule has 0 aliphatic heterocycles. The molecule has 0 unspecified atom stereocenters. The van der Waals surface area contributed by atoms with E-state index in [0.29, 0.717) is 11.0 Å². The summed E-state index contributed by atoms with van der Waals surface area (Å²) in [6.45, 7) is 5.32. The van der Waals surface area contributed by atoms with Crippen LogP contribution in [0.25, 0.3) is 27.2 Å². The van der Waals surface area contributed by atoms with Gasteiger partial charge in [-0.15, -0.1) is 0 Å². The molecule has 0 saturated carbocycles. The van der Waals surface area contributed by atoms with Gasteiger partial charge in [0.15, 0.2) is 5.78 Å². The third-order valence-electron chi connectivity index (χ3n) is 5.48. The zero-order valence-electron chi connectivity index (χ0n) is 18.1. The molecule has 2 heterocycles. The molecule has 0 bridgehead atoms.